The second-order valence-corrected chi connectivity index (χ2v) is 8.63. The van der Waals surface area contributed by atoms with Crippen molar-refractivity contribution < 1.29 is 14.2 Å². The molecule has 0 spiro atoms. The molecule has 1 aromatic carbocycles. The van der Waals surface area contributed by atoms with E-state index in [-0.39, 0.29) is 12.4 Å². The molecule has 0 bridgehead atoms. The van der Waals surface area contributed by atoms with Crippen LogP contribution in [0.5, 0.6) is 5.75 Å². The number of benzene rings is 1. The average Bonchev–Trinajstić information content (AvgIpc) is 3.31. The molecule has 5 aromatic rings. The summed E-state index contributed by atoms with van der Waals surface area (Å²) in [5, 5.41) is 26.5. The summed E-state index contributed by atoms with van der Waals surface area (Å²) in [7, 11) is 0. The molecule has 1 aliphatic carbocycles. The van der Waals surface area contributed by atoms with Crippen molar-refractivity contribution in [2.45, 2.75) is 31.4 Å². The van der Waals surface area contributed by atoms with Crippen LogP contribution in [0, 0.1) is 5.82 Å². The number of rotatable bonds is 5. The molecule has 170 valence electrons. The quantitative estimate of drug-likeness (QED) is 0.413. The Balaban J connectivity index is 1.28. The van der Waals surface area contributed by atoms with E-state index in [0.717, 1.165) is 22.4 Å². The summed E-state index contributed by atoms with van der Waals surface area (Å²) in [6.07, 6.45) is 6.80. The van der Waals surface area contributed by atoms with Crippen LogP contribution >= 0.6 is 0 Å². The van der Waals surface area contributed by atoms with Crippen molar-refractivity contribution in [1.29, 1.82) is 0 Å². The van der Waals surface area contributed by atoms with Crippen molar-refractivity contribution in [3.05, 3.63) is 65.8 Å². The molecule has 7 rings (SSSR count). The molecular weight excluding hydrogens is 439 g/mol. The van der Waals surface area contributed by atoms with Gasteiger partial charge in [-0.1, -0.05) is 0 Å². The highest BCUT2D eigenvalue weighted by molar-refractivity contribution is 5.86. The summed E-state index contributed by atoms with van der Waals surface area (Å²) in [5.41, 5.74) is 3.99. The second-order valence-electron chi connectivity index (χ2n) is 8.63. The van der Waals surface area contributed by atoms with Crippen molar-refractivity contribution in [3.8, 4) is 16.9 Å². The van der Waals surface area contributed by atoms with Gasteiger partial charge in [-0.15, -0.1) is 10.2 Å². The van der Waals surface area contributed by atoms with Gasteiger partial charge in [0.1, 0.15) is 29.8 Å². The first-order valence-corrected chi connectivity index (χ1v) is 11.0. The summed E-state index contributed by atoms with van der Waals surface area (Å²) in [4.78, 5) is 9.00. The number of aliphatic hydroxyl groups is 1. The molecule has 2 N–H and O–H groups in total. The molecule has 1 saturated carbocycles. The first-order valence-electron chi connectivity index (χ1n) is 11.0. The van der Waals surface area contributed by atoms with Gasteiger partial charge < -0.3 is 15.2 Å². The highest BCUT2D eigenvalue weighted by atomic mass is 19.1. The third-order valence-corrected chi connectivity index (χ3v) is 6.61. The number of aromatic nitrogens is 7. The Kier molecular flexibility index (Phi) is 3.95. The third kappa shape index (κ3) is 2.80. The standard InChI is InChI=1S/C23H19FN8O2/c24-17-2-3-18-13(5-8-34-18)15(17)9-25-22-26-10-16(21-30-28-12-31(21)22)14-1-4-19(23(33)6-7-23)32-20(14)27-11-29-32/h1-4,10-12,33H,5-9H2,(H,25,26). The summed E-state index contributed by atoms with van der Waals surface area (Å²) in [6, 6.07) is 6.86. The number of ether oxygens (including phenoxy) is 1. The van der Waals surface area contributed by atoms with Crippen LogP contribution in [-0.4, -0.2) is 45.9 Å². The van der Waals surface area contributed by atoms with Crippen LogP contribution in [0.1, 0.15) is 29.7 Å². The van der Waals surface area contributed by atoms with E-state index in [0.29, 0.717) is 54.4 Å². The van der Waals surface area contributed by atoms with Crippen molar-refractivity contribution >= 4 is 17.2 Å². The monoisotopic (exact) mass is 458 g/mol. The second kappa shape index (κ2) is 6.94. The highest BCUT2D eigenvalue weighted by Crippen LogP contribution is 2.45. The largest absolute Gasteiger partial charge is 0.493 e. The Morgan fingerprint density at radius 3 is 2.91 bits per heavy atom. The van der Waals surface area contributed by atoms with Crippen LogP contribution in [0.2, 0.25) is 0 Å². The lowest BCUT2D eigenvalue weighted by Gasteiger charge is -2.14. The minimum Gasteiger partial charge on any atom is -0.493 e. The number of halogens is 1. The molecule has 34 heavy (non-hydrogen) atoms. The predicted octanol–water partition coefficient (Wildman–Crippen LogP) is 2.50. The van der Waals surface area contributed by atoms with Crippen molar-refractivity contribution in [1.82, 2.24) is 34.2 Å². The Morgan fingerprint density at radius 2 is 2.03 bits per heavy atom. The maximum Gasteiger partial charge on any atom is 0.210 e. The zero-order valence-electron chi connectivity index (χ0n) is 17.9. The van der Waals surface area contributed by atoms with Crippen LogP contribution in [0.4, 0.5) is 10.3 Å². The van der Waals surface area contributed by atoms with Gasteiger partial charge in [0.2, 0.25) is 5.95 Å². The maximum atomic E-state index is 14.5. The summed E-state index contributed by atoms with van der Waals surface area (Å²) >= 11 is 0. The fraction of sp³-hybridized carbons (Fsp3) is 0.261. The smallest absolute Gasteiger partial charge is 0.210 e. The van der Waals surface area contributed by atoms with Gasteiger partial charge in [0.25, 0.3) is 0 Å². The molecule has 2 aliphatic rings. The molecule has 10 nitrogen and oxygen atoms in total. The predicted molar refractivity (Wildman–Crippen MR) is 119 cm³/mol. The molecule has 1 fully saturated rings. The first kappa shape index (κ1) is 19.4. The highest BCUT2D eigenvalue weighted by Gasteiger charge is 2.44. The van der Waals surface area contributed by atoms with E-state index in [4.69, 9.17) is 4.74 Å². The van der Waals surface area contributed by atoms with E-state index in [1.54, 1.807) is 27.5 Å². The summed E-state index contributed by atoms with van der Waals surface area (Å²) in [6.45, 7) is 0.807. The first-order chi connectivity index (χ1) is 16.6. The van der Waals surface area contributed by atoms with Crippen molar-refractivity contribution in [2.75, 3.05) is 11.9 Å². The molecule has 0 radical (unpaired) electrons. The van der Waals surface area contributed by atoms with E-state index in [2.05, 4.69) is 30.6 Å². The third-order valence-electron chi connectivity index (χ3n) is 6.61. The van der Waals surface area contributed by atoms with Crippen LogP contribution in [-0.2, 0) is 18.6 Å². The Morgan fingerprint density at radius 1 is 1.12 bits per heavy atom. The van der Waals surface area contributed by atoms with Crippen molar-refractivity contribution in [3.63, 3.8) is 0 Å². The number of fused-ring (bicyclic) bond motifs is 3. The van der Waals surface area contributed by atoms with Crippen LogP contribution in [0.15, 0.2) is 43.1 Å². The van der Waals surface area contributed by atoms with Gasteiger partial charge in [-0.05, 0) is 37.1 Å². The molecule has 0 atom stereocenters. The van der Waals surface area contributed by atoms with Gasteiger partial charge in [-0.25, -0.2) is 18.9 Å². The molecular formula is C23H19FN8O2. The number of pyridine rings is 1. The minimum absolute atomic E-state index is 0.250. The van der Waals surface area contributed by atoms with E-state index in [1.165, 1.54) is 12.4 Å². The number of hydrogen-bond donors (Lipinski definition) is 2. The fourth-order valence-corrected chi connectivity index (χ4v) is 4.66. The van der Waals surface area contributed by atoms with E-state index >= 15 is 0 Å². The van der Waals surface area contributed by atoms with E-state index in [9.17, 15) is 9.50 Å². The summed E-state index contributed by atoms with van der Waals surface area (Å²) in [5.74, 6) is 0.939. The lowest BCUT2D eigenvalue weighted by atomic mass is 10.0. The van der Waals surface area contributed by atoms with Crippen LogP contribution < -0.4 is 10.1 Å². The van der Waals surface area contributed by atoms with Gasteiger partial charge in [0.05, 0.1) is 12.3 Å². The van der Waals surface area contributed by atoms with Gasteiger partial charge in [0, 0.05) is 41.4 Å². The zero-order chi connectivity index (χ0) is 22.9. The lowest BCUT2D eigenvalue weighted by molar-refractivity contribution is 0.144. The lowest BCUT2D eigenvalue weighted by Crippen LogP contribution is -2.12. The van der Waals surface area contributed by atoms with Crippen molar-refractivity contribution in [2.24, 2.45) is 0 Å². The fourth-order valence-electron chi connectivity index (χ4n) is 4.66. The van der Waals surface area contributed by atoms with Gasteiger partial charge in [0.15, 0.2) is 11.3 Å². The number of anilines is 1. The van der Waals surface area contributed by atoms with E-state index < -0.39 is 5.60 Å². The Bertz CT molecular complexity index is 1590. The normalized spacial score (nSPS) is 16.1. The molecule has 0 amide bonds. The minimum atomic E-state index is -0.849. The SMILES string of the molecule is OC1(c2ccc(-c3cnc(NCc4c(F)ccc5c4CCO5)n4cnnc34)c3ncnn23)CC1. The van der Waals surface area contributed by atoms with Crippen LogP contribution in [0.25, 0.3) is 22.4 Å². The molecule has 4 aromatic heterocycles. The Labute approximate surface area is 192 Å². The molecule has 1 aliphatic heterocycles. The topological polar surface area (TPSA) is 115 Å². The summed E-state index contributed by atoms with van der Waals surface area (Å²) < 4.78 is 23.5. The number of hydrogen-bond acceptors (Lipinski definition) is 8. The molecule has 0 saturated heterocycles. The van der Waals surface area contributed by atoms with Gasteiger partial charge >= 0.3 is 0 Å². The van der Waals surface area contributed by atoms with Gasteiger partial charge in [-0.3, -0.25) is 4.40 Å². The molecule has 0 unspecified atom stereocenters. The van der Waals surface area contributed by atoms with Gasteiger partial charge in [-0.2, -0.15) is 5.10 Å². The number of nitrogens with zero attached hydrogens (tertiary/aromatic N) is 7. The zero-order valence-corrected chi connectivity index (χ0v) is 17.9. The van der Waals surface area contributed by atoms with Crippen LogP contribution in [0.3, 0.4) is 0 Å². The number of nitrogens with one attached hydrogen (secondary N) is 1. The molecule has 5 heterocycles. The maximum absolute atomic E-state index is 14.5. The Hall–Kier alpha value is -4.12. The van der Waals surface area contributed by atoms with E-state index in [1.807, 2.05) is 12.1 Å². The average molecular weight is 458 g/mol. The molecule has 11 heteroatoms.